The lowest BCUT2D eigenvalue weighted by atomic mass is 10.1. The molecule has 1 aliphatic heterocycles. The molecule has 0 unspecified atom stereocenters. The third kappa shape index (κ3) is 2.27. The zero-order valence-electron chi connectivity index (χ0n) is 11.2. The number of halogens is 1. The number of nitrogen functional groups attached to an aromatic ring is 1. The van der Waals surface area contributed by atoms with Crippen LogP contribution in [-0.4, -0.2) is 23.3 Å². The van der Waals surface area contributed by atoms with Crippen LogP contribution in [0.2, 0.25) is 0 Å². The minimum absolute atomic E-state index is 0.146. The van der Waals surface area contributed by atoms with Gasteiger partial charge >= 0.3 is 0 Å². The van der Waals surface area contributed by atoms with E-state index in [1.165, 1.54) is 12.1 Å². The maximum atomic E-state index is 13.6. The van der Waals surface area contributed by atoms with E-state index in [0.29, 0.717) is 22.4 Å². The molecule has 0 spiro atoms. The highest BCUT2D eigenvalue weighted by molar-refractivity contribution is 6.21. The molecule has 0 saturated carbocycles. The highest BCUT2D eigenvalue weighted by Gasteiger charge is 2.35. The first-order valence-corrected chi connectivity index (χ1v) is 6.57. The van der Waals surface area contributed by atoms with Crippen LogP contribution in [0.3, 0.4) is 0 Å². The number of fused-ring (bicyclic) bond motifs is 1. The summed E-state index contributed by atoms with van der Waals surface area (Å²) in [6, 6.07) is 11.0. The quantitative estimate of drug-likeness (QED) is 0.694. The molecule has 0 radical (unpaired) electrons. The third-order valence-corrected chi connectivity index (χ3v) is 3.56. The van der Waals surface area contributed by atoms with Gasteiger partial charge in [-0.3, -0.25) is 14.5 Å². The summed E-state index contributed by atoms with van der Waals surface area (Å²) in [6.45, 7) is 0.146. The van der Waals surface area contributed by atoms with Crippen LogP contribution < -0.4 is 5.73 Å². The van der Waals surface area contributed by atoms with Gasteiger partial charge in [0, 0.05) is 12.2 Å². The van der Waals surface area contributed by atoms with E-state index in [0.717, 1.165) is 4.90 Å². The first-order chi connectivity index (χ1) is 10.1. The zero-order chi connectivity index (χ0) is 15.0. The molecule has 2 N–H and O–H groups in total. The Balaban J connectivity index is 1.81. The molecule has 21 heavy (non-hydrogen) atoms. The second-order valence-electron chi connectivity index (χ2n) is 4.91. The Morgan fingerprint density at radius 3 is 2.48 bits per heavy atom. The van der Waals surface area contributed by atoms with Crippen LogP contribution >= 0.6 is 0 Å². The van der Waals surface area contributed by atoms with Gasteiger partial charge in [0.1, 0.15) is 5.82 Å². The van der Waals surface area contributed by atoms with E-state index in [2.05, 4.69) is 0 Å². The smallest absolute Gasteiger partial charge is 0.261 e. The Morgan fingerprint density at radius 2 is 1.71 bits per heavy atom. The van der Waals surface area contributed by atoms with Crippen LogP contribution in [0.4, 0.5) is 10.1 Å². The summed E-state index contributed by atoms with van der Waals surface area (Å²) in [4.78, 5) is 25.6. The Kier molecular flexibility index (Phi) is 3.17. The van der Waals surface area contributed by atoms with Crippen LogP contribution in [0.5, 0.6) is 0 Å². The maximum absolute atomic E-state index is 13.6. The fourth-order valence-corrected chi connectivity index (χ4v) is 2.44. The summed E-state index contributed by atoms with van der Waals surface area (Å²) < 4.78 is 13.6. The molecule has 5 heteroatoms. The second kappa shape index (κ2) is 5.01. The number of anilines is 1. The van der Waals surface area contributed by atoms with Crippen LogP contribution in [0, 0.1) is 5.82 Å². The Morgan fingerprint density at radius 1 is 1.00 bits per heavy atom. The van der Waals surface area contributed by atoms with Gasteiger partial charge in [0.2, 0.25) is 0 Å². The number of hydrogen-bond acceptors (Lipinski definition) is 3. The van der Waals surface area contributed by atoms with Crippen molar-refractivity contribution < 1.29 is 14.0 Å². The summed E-state index contributed by atoms with van der Waals surface area (Å²) in [7, 11) is 0. The summed E-state index contributed by atoms with van der Waals surface area (Å²) in [5.74, 6) is -1.07. The predicted octanol–water partition coefficient (Wildman–Crippen LogP) is 2.25. The van der Waals surface area contributed by atoms with Crippen molar-refractivity contribution in [2.75, 3.05) is 12.3 Å². The van der Waals surface area contributed by atoms with Crippen LogP contribution in [0.1, 0.15) is 26.3 Å². The fraction of sp³-hybridized carbons (Fsp3) is 0.125. The number of amides is 2. The number of carbonyl (C=O) groups is 2. The number of nitrogens with two attached hydrogens (primary N) is 1. The molecule has 0 fully saturated rings. The number of nitrogens with zero attached hydrogens (tertiary/aromatic N) is 1. The molecule has 1 heterocycles. The van der Waals surface area contributed by atoms with Crippen molar-refractivity contribution in [1.29, 1.82) is 0 Å². The molecule has 1 aliphatic rings. The molecule has 2 aromatic carbocycles. The average Bonchev–Trinajstić information content (AvgIpc) is 2.70. The van der Waals surface area contributed by atoms with E-state index in [1.54, 1.807) is 30.3 Å². The number of hydrogen-bond donors (Lipinski definition) is 1. The normalized spacial score (nSPS) is 13.7. The van der Waals surface area contributed by atoms with Gasteiger partial charge in [0.05, 0.1) is 11.1 Å². The zero-order valence-corrected chi connectivity index (χ0v) is 11.2. The number of benzene rings is 2. The minimum Gasteiger partial charge on any atom is -0.399 e. The van der Waals surface area contributed by atoms with Crippen molar-refractivity contribution in [2.45, 2.75) is 6.42 Å². The third-order valence-electron chi connectivity index (χ3n) is 3.56. The van der Waals surface area contributed by atoms with E-state index in [-0.39, 0.29) is 30.6 Å². The summed E-state index contributed by atoms with van der Waals surface area (Å²) in [5.41, 5.74) is 7.22. The molecular formula is C16H13FN2O2. The van der Waals surface area contributed by atoms with Gasteiger partial charge in [-0.25, -0.2) is 4.39 Å². The predicted molar refractivity (Wildman–Crippen MR) is 76.3 cm³/mol. The molecule has 0 atom stereocenters. The van der Waals surface area contributed by atoms with Gasteiger partial charge in [-0.15, -0.1) is 0 Å². The molecule has 0 aromatic heterocycles. The van der Waals surface area contributed by atoms with E-state index < -0.39 is 0 Å². The second-order valence-corrected chi connectivity index (χ2v) is 4.91. The van der Waals surface area contributed by atoms with Crippen LogP contribution in [-0.2, 0) is 6.42 Å². The number of rotatable bonds is 3. The van der Waals surface area contributed by atoms with Gasteiger partial charge in [0.25, 0.3) is 11.8 Å². The first-order valence-electron chi connectivity index (χ1n) is 6.57. The standard InChI is InChI=1S/C16H13FN2O2/c17-14-4-2-1-3-10(14)7-8-19-15(20)12-6-5-11(18)9-13(12)16(19)21/h1-6,9H,7-8,18H2. The van der Waals surface area contributed by atoms with E-state index in [9.17, 15) is 14.0 Å². The molecular weight excluding hydrogens is 271 g/mol. The van der Waals surface area contributed by atoms with Gasteiger partial charge < -0.3 is 5.73 Å². The molecule has 0 aliphatic carbocycles. The van der Waals surface area contributed by atoms with Crippen molar-refractivity contribution >= 4 is 17.5 Å². The Bertz CT molecular complexity index is 743. The average molecular weight is 284 g/mol. The largest absolute Gasteiger partial charge is 0.399 e. The van der Waals surface area contributed by atoms with E-state index in [1.807, 2.05) is 0 Å². The molecule has 2 amide bonds. The molecule has 2 aromatic rings. The molecule has 3 rings (SSSR count). The topological polar surface area (TPSA) is 63.4 Å². The highest BCUT2D eigenvalue weighted by Crippen LogP contribution is 2.25. The summed E-state index contributed by atoms with van der Waals surface area (Å²) in [5, 5.41) is 0. The van der Waals surface area contributed by atoms with Crippen molar-refractivity contribution in [3.05, 3.63) is 65.0 Å². The fourth-order valence-electron chi connectivity index (χ4n) is 2.44. The van der Waals surface area contributed by atoms with E-state index >= 15 is 0 Å². The number of carbonyl (C=O) groups excluding carboxylic acids is 2. The first kappa shape index (κ1) is 13.3. The van der Waals surface area contributed by atoms with Gasteiger partial charge in [-0.05, 0) is 36.2 Å². The lowest BCUT2D eigenvalue weighted by Gasteiger charge is -2.13. The lowest BCUT2D eigenvalue weighted by Crippen LogP contribution is -2.31. The maximum Gasteiger partial charge on any atom is 0.261 e. The van der Waals surface area contributed by atoms with Crippen molar-refractivity contribution in [3.63, 3.8) is 0 Å². The molecule has 4 nitrogen and oxygen atoms in total. The monoisotopic (exact) mass is 284 g/mol. The van der Waals surface area contributed by atoms with Crippen molar-refractivity contribution in [3.8, 4) is 0 Å². The van der Waals surface area contributed by atoms with Crippen LogP contribution in [0.25, 0.3) is 0 Å². The van der Waals surface area contributed by atoms with Crippen LogP contribution in [0.15, 0.2) is 42.5 Å². The summed E-state index contributed by atoms with van der Waals surface area (Å²) in [6.07, 6.45) is 0.285. The molecule has 0 bridgehead atoms. The van der Waals surface area contributed by atoms with Gasteiger partial charge in [-0.2, -0.15) is 0 Å². The van der Waals surface area contributed by atoms with E-state index in [4.69, 9.17) is 5.73 Å². The SMILES string of the molecule is Nc1ccc2c(c1)C(=O)N(CCc1ccccc1F)C2=O. The molecule has 106 valence electrons. The molecule has 0 saturated heterocycles. The Labute approximate surface area is 121 Å². The lowest BCUT2D eigenvalue weighted by molar-refractivity contribution is 0.0655. The van der Waals surface area contributed by atoms with Gasteiger partial charge in [0.15, 0.2) is 0 Å². The summed E-state index contributed by atoms with van der Waals surface area (Å²) >= 11 is 0. The minimum atomic E-state index is -0.376. The highest BCUT2D eigenvalue weighted by atomic mass is 19.1. The van der Waals surface area contributed by atoms with Crippen molar-refractivity contribution in [1.82, 2.24) is 4.90 Å². The van der Waals surface area contributed by atoms with Gasteiger partial charge in [-0.1, -0.05) is 18.2 Å². The Hall–Kier alpha value is -2.69. The van der Waals surface area contributed by atoms with Crippen molar-refractivity contribution in [2.24, 2.45) is 0 Å². The number of imide groups is 1.